The highest BCUT2D eigenvalue weighted by Crippen LogP contribution is 2.30. The summed E-state index contributed by atoms with van der Waals surface area (Å²) in [6, 6.07) is 47.5. The summed E-state index contributed by atoms with van der Waals surface area (Å²) < 4.78 is 15.2. The number of benzene rings is 6. The van der Waals surface area contributed by atoms with Gasteiger partial charge in [0.15, 0.2) is 0 Å². The molecule has 0 bridgehead atoms. The van der Waals surface area contributed by atoms with Crippen LogP contribution in [0.1, 0.15) is 65.5 Å². The van der Waals surface area contributed by atoms with E-state index in [-0.39, 0.29) is 19.3 Å². The second kappa shape index (κ2) is 27.0. The number of carbonyl (C=O) groups is 1. The van der Waals surface area contributed by atoms with Crippen molar-refractivity contribution >= 4 is 52.4 Å². The maximum Gasteiger partial charge on any atom is 0.376 e. The van der Waals surface area contributed by atoms with Gasteiger partial charge in [-0.2, -0.15) is 0 Å². The highest BCUT2D eigenvalue weighted by molar-refractivity contribution is 6.31. The zero-order valence-electron chi connectivity index (χ0n) is 36.2. The number of aryl methyl sites for hydroxylation is 2. The quantitative estimate of drug-likeness (QED) is 0.0604. The predicted molar refractivity (Wildman–Crippen MR) is 266 cm³/mol. The standard InChI is InChI=1S/C28H31Cl2NO4.C24H25Cl2NO.CH4/c1-31(18-4-5-20-6-16-25(17-7-20)35-28(34-3)27(32)33-2)19-26(21-8-12-23(29)13-9-21)22-10-14-24(30)15-11-22;1-27(16-2-3-18-4-14-23(28)15-5-18)17-24(19-6-10-21(25)11-7-19)20-8-12-22(26)13-9-20;/h6-17,26,28H,4-5,18-19H2,1-3H3;4-15,24,28H,2-3,16-17H2,1H3;1H4. The van der Waals surface area contributed by atoms with Gasteiger partial charge in [0, 0.05) is 52.1 Å². The Kier molecular flexibility index (Phi) is 22.0. The first kappa shape index (κ1) is 52.1. The second-order valence-corrected chi connectivity index (χ2v) is 17.3. The van der Waals surface area contributed by atoms with Crippen LogP contribution in [0.25, 0.3) is 0 Å². The number of halogens is 4. The summed E-state index contributed by atoms with van der Waals surface area (Å²) in [7, 11) is 7.00. The topological polar surface area (TPSA) is 71.5 Å². The van der Waals surface area contributed by atoms with Crippen LogP contribution in [0, 0.1) is 0 Å². The van der Waals surface area contributed by atoms with Crippen LogP contribution >= 0.6 is 46.4 Å². The molecule has 0 heterocycles. The van der Waals surface area contributed by atoms with Crippen molar-refractivity contribution in [2.45, 2.75) is 51.2 Å². The Hall–Kier alpha value is -4.57. The number of rotatable bonds is 20. The van der Waals surface area contributed by atoms with E-state index in [1.54, 1.807) is 12.1 Å². The highest BCUT2D eigenvalue weighted by Gasteiger charge is 2.21. The van der Waals surface area contributed by atoms with E-state index in [0.29, 0.717) is 11.5 Å². The van der Waals surface area contributed by atoms with Crippen molar-refractivity contribution in [1.29, 1.82) is 0 Å². The van der Waals surface area contributed by atoms with Gasteiger partial charge in [0.05, 0.1) is 7.11 Å². The molecule has 6 aromatic carbocycles. The third kappa shape index (κ3) is 17.1. The van der Waals surface area contributed by atoms with Crippen LogP contribution < -0.4 is 4.74 Å². The fourth-order valence-corrected chi connectivity index (χ4v) is 7.81. The molecule has 0 amide bonds. The van der Waals surface area contributed by atoms with E-state index < -0.39 is 12.3 Å². The Labute approximate surface area is 400 Å². The first-order valence-electron chi connectivity index (χ1n) is 20.9. The van der Waals surface area contributed by atoms with E-state index in [9.17, 15) is 9.90 Å². The molecule has 0 aliphatic heterocycles. The van der Waals surface area contributed by atoms with E-state index in [1.807, 2.05) is 84.9 Å². The number of hydrogen-bond donors (Lipinski definition) is 1. The number of ether oxygens (including phenoxy) is 3. The average Bonchev–Trinajstić information content (AvgIpc) is 3.29. The summed E-state index contributed by atoms with van der Waals surface area (Å²) in [6.07, 6.45) is 2.93. The molecule has 0 fully saturated rings. The Morgan fingerprint density at radius 1 is 0.531 bits per heavy atom. The van der Waals surface area contributed by atoms with Crippen LogP contribution in [0.5, 0.6) is 11.5 Å². The van der Waals surface area contributed by atoms with Crippen LogP contribution in [-0.2, 0) is 27.1 Å². The molecule has 0 aliphatic rings. The van der Waals surface area contributed by atoms with Crippen molar-refractivity contribution < 1.29 is 24.1 Å². The summed E-state index contributed by atoms with van der Waals surface area (Å²) in [4.78, 5) is 16.3. The van der Waals surface area contributed by atoms with Crippen molar-refractivity contribution in [2.75, 3.05) is 54.5 Å². The van der Waals surface area contributed by atoms with E-state index >= 15 is 0 Å². The summed E-state index contributed by atoms with van der Waals surface area (Å²) in [6.45, 7) is 3.74. The molecular weight excluding hydrogens is 886 g/mol. The van der Waals surface area contributed by atoms with Crippen molar-refractivity contribution in [3.05, 3.63) is 199 Å². The Bertz CT molecular complexity index is 2150. The molecule has 11 heteroatoms. The molecule has 340 valence electrons. The molecule has 64 heavy (non-hydrogen) atoms. The smallest absolute Gasteiger partial charge is 0.376 e. The number of esters is 1. The third-order valence-corrected chi connectivity index (χ3v) is 11.8. The summed E-state index contributed by atoms with van der Waals surface area (Å²) in [5.74, 6) is 0.768. The minimum Gasteiger partial charge on any atom is -0.508 e. The summed E-state index contributed by atoms with van der Waals surface area (Å²) >= 11 is 24.4. The molecule has 7 nitrogen and oxygen atoms in total. The Balaban J connectivity index is 0.000000283. The molecule has 1 atom stereocenters. The van der Waals surface area contributed by atoms with Gasteiger partial charge in [-0.1, -0.05) is 127 Å². The van der Waals surface area contributed by atoms with Gasteiger partial charge in [-0.05, 0) is 159 Å². The van der Waals surface area contributed by atoms with Crippen molar-refractivity contribution in [2.24, 2.45) is 0 Å². The predicted octanol–water partition coefficient (Wildman–Crippen LogP) is 13.2. The van der Waals surface area contributed by atoms with Gasteiger partial charge in [-0.25, -0.2) is 4.79 Å². The number of nitrogens with zero attached hydrogens (tertiary/aromatic N) is 2. The molecule has 0 spiro atoms. The Morgan fingerprint density at radius 2 is 0.859 bits per heavy atom. The zero-order chi connectivity index (χ0) is 45.1. The van der Waals surface area contributed by atoms with E-state index in [2.05, 4.69) is 77.2 Å². The van der Waals surface area contributed by atoms with Gasteiger partial charge in [-0.3, -0.25) is 0 Å². The SMILES string of the molecule is C.CN(CCCc1ccc(O)cc1)CC(c1ccc(Cl)cc1)c1ccc(Cl)cc1.COC(=O)C(OC)Oc1ccc(CCCN(C)CC(c2ccc(Cl)cc2)c2ccc(Cl)cc2)cc1. The number of hydrogen-bond acceptors (Lipinski definition) is 7. The lowest BCUT2D eigenvalue weighted by Crippen LogP contribution is -2.30. The fourth-order valence-electron chi connectivity index (χ4n) is 7.31. The molecular formula is C53H60Cl4N2O5. The number of phenols is 1. The number of aromatic hydroxyl groups is 1. The van der Waals surface area contributed by atoms with E-state index in [0.717, 1.165) is 72.0 Å². The zero-order valence-corrected chi connectivity index (χ0v) is 39.3. The molecule has 0 saturated carbocycles. The van der Waals surface area contributed by atoms with Crippen molar-refractivity contribution in [3.63, 3.8) is 0 Å². The van der Waals surface area contributed by atoms with Crippen LogP contribution in [0.4, 0.5) is 0 Å². The average molecular weight is 947 g/mol. The van der Waals surface area contributed by atoms with Crippen molar-refractivity contribution in [3.8, 4) is 11.5 Å². The van der Waals surface area contributed by atoms with Gasteiger partial charge in [0.25, 0.3) is 6.29 Å². The van der Waals surface area contributed by atoms with Gasteiger partial charge in [0.2, 0.25) is 0 Å². The van der Waals surface area contributed by atoms with E-state index in [4.69, 9.17) is 55.9 Å². The normalized spacial score (nSPS) is 11.6. The maximum absolute atomic E-state index is 11.6. The monoisotopic (exact) mass is 944 g/mol. The maximum atomic E-state index is 11.6. The van der Waals surface area contributed by atoms with Gasteiger partial charge >= 0.3 is 5.97 Å². The third-order valence-electron chi connectivity index (χ3n) is 10.8. The number of likely N-dealkylation sites (N-methyl/N-ethyl adjacent to an activating group) is 2. The lowest BCUT2D eigenvalue weighted by atomic mass is 9.91. The van der Waals surface area contributed by atoms with Crippen molar-refractivity contribution in [1.82, 2.24) is 9.80 Å². The minimum atomic E-state index is -1.08. The fraction of sp³-hybridized carbons (Fsp3) is 0.302. The molecule has 0 radical (unpaired) electrons. The lowest BCUT2D eigenvalue weighted by Gasteiger charge is -2.25. The first-order valence-corrected chi connectivity index (χ1v) is 22.4. The molecule has 6 aromatic rings. The molecule has 6 rings (SSSR count). The highest BCUT2D eigenvalue weighted by atomic mass is 35.5. The second-order valence-electron chi connectivity index (χ2n) is 15.6. The van der Waals surface area contributed by atoms with Gasteiger partial charge in [0.1, 0.15) is 11.5 Å². The van der Waals surface area contributed by atoms with Crippen LogP contribution in [0.15, 0.2) is 146 Å². The lowest BCUT2D eigenvalue weighted by molar-refractivity contribution is -0.170. The first-order chi connectivity index (χ1) is 30.4. The number of phenolic OH excluding ortho intramolecular Hbond substituents is 1. The summed E-state index contributed by atoms with van der Waals surface area (Å²) in [5.41, 5.74) is 7.39. The molecule has 0 saturated heterocycles. The van der Waals surface area contributed by atoms with Crippen LogP contribution in [0.2, 0.25) is 20.1 Å². The minimum absolute atomic E-state index is 0. The number of methoxy groups -OCH3 is 2. The molecule has 1 N–H and O–H groups in total. The Morgan fingerprint density at radius 3 is 1.17 bits per heavy atom. The van der Waals surface area contributed by atoms with Gasteiger partial charge in [-0.15, -0.1) is 0 Å². The van der Waals surface area contributed by atoms with Crippen LogP contribution in [0.3, 0.4) is 0 Å². The largest absolute Gasteiger partial charge is 0.508 e. The molecule has 0 aliphatic carbocycles. The number of carbonyl (C=O) groups excluding carboxylic acids is 1. The summed E-state index contributed by atoms with van der Waals surface area (Å²) in [5, 5.41) is 12.4. The van der Waals surface area contributed by atoms with E-state index in [1.165, 1.54) is 47.6 Å². The molecule has 0 aromatic heterocycles. The van der Waals surface area contributed by atoms with Crippen LogP contribution in [-0.4, -0.2) is 81.7 Å². The van der Waals surface area contributed by atoms with Gasteiger partial charge < -0.3 is 29.1 Å². The molecule has 1 unspecified atom stereocenters.